The Morgan fingerprint density at radius 2 is 1.88 bits per heavy atom. The maximum atomic E-state index is 12.8. The molecule has 0 saturated carbocycles. The fourth-order valence-corrected chi connectivity index (χ4v) is 1.04. The second-order valence-corrected chi connectivity index (χ2v) is 2.72. The molecular formula is C8H3F6NO. The van der Waals surface area contributed by atoms with Crippen molar-refractivity contribution >= 4 is 6.29 Å². The summed E-state index contributed by atoms with van der Waals surface area (Å²) in [6, 6.07) is 0.212. The molecule has 0 aliphatic heterocycles. The van der Waals surface area contributed by atoms with Crippen molar-refractivity contribution in [3.63, 3.8) is 0 Å². The lowest BCUT2D eigenvalue weighted by atomic mass is 10.1. The van der Waals surface area contributed by atoms with Gasteiger partial charge in [0.25, 0.3) is 6.43 Å². The minimum Gasteiger partial charge on any atom is -0.298 e. The van der Waals surface area contributed by atoms with E-state index >= 15 is 0 Å². The summed E-state index contributed by atoms with van der Waals surface area (Å²) in [4.78, 5) is 12.7. The summed E-state index contributed by atoms with van der Waals surface area (Å²) < 4.78 is 73.6. The molecule has 0 fully saturated rings. The molecule has 16 heavy (non-hydrogen) atoms. The van der Waals surface area contributed by atoms with E-state index in [0.717, 1.165) is 0 Å². The molecule has 0 aromatic carbocycles. The number of aromatic nitrogens is 1. The number of halogens is 6. The average Bonchev–Trinajstić information content (AvgIpc) is 2.14. The van der Waals surface area contributed by atoms with E-state index in [1.807, 2.05) is 0 Å². The first-order valence-corrected chi connectivity index (χ1v) is 3.78. The van der Waals surface area contributed by atoms with E-state index in [1.165, 1.54) is 0 Å². The van der Waals surface area contributed by atoms with Gasteiger partial charge in [0.05, 0.1) is 0 Å². The highest BCUT2D eigenvalue weighted by Gasteiger charge is 2.38. The van der Waals surface area contributed by atoms with Crippen molar-refractivity contribution in [3.8, 4) is 0 Å². The number of carbonyl (C=O) groups excluding carboxylic acids is 1. The summed E-state index contributed by atoms with van der Waals surface area (Å²) >= 11 is 0. The summed E-state index contributed by atoms with van der Waals surface area (Å²) in [7, 11) is 0. The van der Waals surface area contributed by atoms with Crippen molar-refractivity contribution in [2.75, 3.05) is 0 Å². The van der Waals surface area contributed by atoms with Crippen molar-refractivity contribution in [2.24, 2.45) is 0 Å². The Kier molecular flexibility index (Phi) is 3.20. The van der Waals surface area contributed by atoms with E-state index in [9.17, 15) is 31.1 Å². The Hall–Kier alpha value is -1.60. The van der Waals surface area contributed by atoms with Crippen molar-refractivity contribution in [3.05, 3.63) is 28.8 Å². The van der Waals surface area contributed by atoms with E-state index in [2.05, 4.69) is 4.98 Å². The van der Waals surface area contributed by atoms with Crippen LogP contribution in [0.2, 0.25) is 0 Å². The zero-order chi connectivity index (χ0) is 12.5. The van der Waals surface area contributed by atoms with E-state index in [1.54, 1.807) is 0 Å². The van der Waals surface area contributed by atoms with Gasteiger partial charge in [-0.05, 0) is 6.07 Å². The fraction of sp³-hybridized carbons (Fsp3) is 0.250. The molecule has 1 heterocycles. The molecule has 0 bridgehead atoms. The van der Waals surface area contributed by atoms with Gasteiger partial charge in [-0.15, -0.1) is 0 Å². The molecule has 2 nitrogen and oxygen atoms in total. The molecule has 0 aliphatic carbocycles. The Labute approximate surface area is 84.9 Å². The zero-order valence-electron chi connectivity index (χ0n) is 7.36. The Morgan fingerprint density at radius 1 is 1.31 bits per heavy atom. The Balaban J connectivity index is 3.47. The van der Waals surface area contributed by atoms with E-state index < -0.39 is 35.4 Å². The molecule has 1 aromatic heterocycles. The molecule has 88 valence electrons. The van der Waals surface area contributed by atoms with Gasteiger partial charge in [-0.3, -0.25) is 4.79 Å². The largest absolute Gasteiger partial charge is 0.421 e. The molecule has 0 unspecified atom stereocenters. The minimum atomic E-state index is -5.16. The van der Waals surface area contributed by atoms with Crippen LogP contribution in [0.3, 0.4) is 0 Å². The molecule has 0 amide bonds. The number of nitrogens with zero attached hydrogens (tertiary/aromatic N) is 1. The fourth-order valence-electron chi connectivity index (χ4n) is 1.04. The second-order valence-electron chi connectivity index (χ2n) is 2.72. The first kappa shape index (κ1) is 12.5. The van der Waals surface area contributed by atoms with Crippen LogP contribution in [0.4, 0.5) is 26.3 Å². The predicted octanol–water partition coefficient (Wildman–Crippen LogP) is 2.99. The summed E-state index contributed by atoms with van der Waals surface area (Å²) in [6.07, 6.45) is -8.76. The Morgan fingerprint density at radius 3 is 2.25 bits per heavy atom. The SMILES string of the molecule is O=Cc1cc(C(F)F)nc(F)c1C(F)(F)F. The first-order chi connectivity index (χ1) is 7.27. The van der Waals surface area contributed by atoms with Gasteiger partial charge in [0.2, 0.25) is 5.95 Å². The van der Waals surface area contributed by atoms with Gasteiger partial charge >= 0.3 is 6.18 Å². The number of pyridine rings is 1. The topological polar surface area (TPSA) is 30.0 Å². The van der Waals surface area contributed by atoms with Crippen LogP contribution in [0.1, 0.15) is 28.0 Å². The quantitative estimate of drug-likeness (QED) is 0.454. The summed E-state index contributed by atoms with van der Waals surface area (Å²) in [5, 5.41) is 0. The van der Waals surface area contributed by atoms with Crippen LogP contribution in [0, 0.1) is 5.95 Å². The number of aldehydes is 1. The highest BCUT2D eigenvalue weighted by molar-refractivity contribution is 5.77. The third-order valence-electron chi connectivity index (χ3n) is 1.66. The third kappa shape index (κ3) is 2.31. The van der Waals surface area contributed by atoms with E-state index in [0.29, 0.717) is 0 Å². The van der Waals surface area contributed by atoms with Crippen molar-refractivity contribution in [1.82, 2.24) is 4.98 Å². The number of rotatable bonds is 2. The maximum Gasteiger partial charge on any atom is 0.421 e. The molecule has 0 N–H and O–H groups in total. The average molecular weight is 243 g/mol. The zero-order valence-corrected chi connectivity index (χ0v) is 7.36. The van der Waals surface area contributed by atoms with E-state index in [-0.39, 0.29) is 12.4 Å². The van der Waals surface area contributed by atoms with Crippen LogP contribution in [0.5, 0.6) is 0 Å². The van der Waals surface area contributed by atoms with Gasteiger partial charge in [0.1, 0.15) is 11.3 Å². The van der Waals surface area contributed by atoms with Gasteiger partial charge in [0.15, 0.2) is 6.29 Å². The standard InChI is InChI=1S/C8H3F6NO/c9-6(10)4-1-3(2-16)5(7(11)15-4)8(12,13)14/h1-2,6H. The summed E-state index contributed by atoms with van der Waals surface area (Å²) in [5.74, 6) is -2.13. The van der Waals surface area contributed by atoms with Gasteiger partial charge in [-0.25, -0.2) is 13.8 Å². The van der Waals surface area contributed by atoms with Crippen molar-refractivity contribution in [2.45, 2.75) is 12.6 Å². The highest BCUT2D eigenvalue weighted by atomic mass is 19.4. The van der Waals surface area contributed by atoms with Gasteiger partial charge in [-0.1, -0.05) is 0 Å². The normalized spacial score (nSPS) is 11.9. The lowest BCUT2D eigenvalue weighted by molar-refractivity contribution is -0.140. The summed E-state index contributed by atoms with van der Waals surface area (Å²) in [6.45, 7) is 0. The van der Waals surface area contributed by atoms with Gasteiger partial charge < -0.3 is 0 Å². The van der Waals surface area contributed by atoms with Gasteiger partial charge in [-0.2, -0.15) is 17.6 Å². The van der Waals surface area contributed by atoms with E-state index in [4.69, 9.17) is 0 Å². The molecule has 1 rings (SSSR count). The van der Waals surface area contributed by atoms with Crippen LogP contribution in [-0.4, -0.2) is 11.3 Å². The van der Waals surface area contributed by atoms with Gasteiger partial charge in [0, 0.05) is 5.56 Å². The molecule has 0 spiro atoms. The second kappa shape index (κ2) is 4.11. The van der Waals surface area contributed by atoms with Crippen molar-refractivity contribution < 1.29 is 31.1 Å². The van der Waals surface area contributed by atoms with Crippen LogP contribution >= 0.6 is 0 Å². The van der Waals surface area contributed by atoms with Crippen LogP contribution < -0.4 is 0 Å². The molecule has 0 aliphatic rings. The molecule has 0 radical (unpaired) electrons. The maximum absolute atomic E-state index is 12.8. The molecular weight excluding hydrogens is 240 g/mol. The van der Waals surface area contributed by atoms with Crippen LogP contribution in [-0.2, 0) is 6.18 Å². The lowest BCUT2D eigenvalue weighted by Gasteiger charge is -2.11. The lowest BCUT2D eigenvalue weighted by Crippen LogP contribution is -2.14. The molecule has 0 saturated heterocycles. The number of carbonyl (C=O) groups is 1. The monoisotopic (exact) mass is 243 g/mol. The minimum absolute atomic E-state index is 0.212. The molecule has 0 atom stereocenters. The predicted molar refractivity (Wildman–Crippen MR) is 39.5 cm³/mol. The summed E-state index contributed by atoms with van der Waals surface area (Å²) in [5.41, 5.74) is -4.35. The number of hydrogen-bond donors (Lipinski definition) is 0. The van der Waals surface area contributed by atoms with Crippen molar-refractivity contribution in [1.29, 1.82) is 0 Å². The number of alkyl halides is 5. The highest BCUT2D eigenvalue weighted by Crippen LogP contribution is 2.34. The Bertz CT molecular complexity index is 414. The first-order valence-electron chi connectivity index (χ1n) is 3.78. The van der Waals surface area contributed by atoms with Crippen LogP contribution in [0.15, 0.2) is 6.07 Å². The smallest absolute Gasteiger partial charge is 0.298 e. The molecule has 1 aromatic rings. The number of hydrogen-bond acceptors (Lipinski definition) is 2. The van der Waals surface area contributed by atoms with Crippen LogP contribution in [0.25, 0.3) is 0 Å². The molecule has 8 heteroatoms. The third-order valence-corrected chi connectivity index (χ3v) is 1.66.